The third-order valence-electron chi connectivity index (χ3n) is 3.23. The molecule has 0 unspecified atom stereocenters. The zero-order valence-corrected chi connectivity index (χ0v) is 15.1. The van der Waals surface area contributed by atoms with Crippen LogP contribution < -0.4 is 5.32 Å². The minimum atomic E-state index is 0.364. The van der Waals surface area contributed by atoms with Crippen LogP contribution in [0.5, 0.6) is 0 Å². The fourth-order valence-electron chi connectivity index (χ4n) is 2.05. The molecule has 1 N–H and O–H groups in total. The standard InChI is InChI=1S/C16H21IN4/c1-5-7-19-16-13(17)14(10(2)3)20-15(21-16)12-6-8-18-9-11(12)4/h6,8-10H,5,7H2,1-4H3,(H,19,20,21). The lowest BCUT2D eigenvalue weighted by Gasteiger charge is -2.15. The van der Waals surface area contributed by atoms with Crippen molar-refractivity contribution in [2.45, 2.75) is 40.0 Å². The smallest absolute Gasteiger partial charge is 0.162 e. The molecule has 0 aliphatic rings. The second kappa shape index (κ2) is 7.15. The lowest BCUT2D eigenvalue weighted by atomic mass is 10.1. The van der Waals surface area contributed by atoms with Gasteiger partial charge in [-0.05, 0) is 53.5 Å². The van der Waals surface area contributed by atoms with Gasteiger partial charge >= 0.3 is 0 Å². The van der Waals surface area contributed by atoms with Crippen molar-refractivity contribution in [3.63, 3.8) is 0 Å². The number of pyridine rings is 1. The number of hydrogen-bond acceptors (Lipinski definition) is 4. The van der Waals surface area contributed by atoms with Crippen molar-refractivity contribution in [2.75, 3.05) is 11.9 Å². The Kier molecular flexibility index (Phi) is 5.50. The molecule has 0 aliphatic carbocycles. The van der Waals surface area contributed by atoms with E-state index in [9.17, 15) is 0 Å². The zero-order chi connectivity index (χ0) is 15.4. The van der Waals surface area contributed by atoms with Gasteiger partial charge in [-0.2, -0.15) is 0 Å². The van der Waals surface area contributed by atoms with Gasteiger partial charge in [-0.3, -0.25) is 4.98 Å². The second-order valence-corrected chi connectivity index (χ2v) is 6.45. The molecule has 0 amide bonds. The van der Waals surface area contributed by atoms with E-state index in [0.717, 1.165) is 45.0 Å². The summed E-state index contributed by atoms with van der Waals surface area (Å²) in [4.78, 5) is 13.7. The molecule has 0 fully saturated rings. The van der Waals surface area contributed by atoms with Crippen LogP contribution in [0.15, 0.2) is 18.5 Å². The van der Waals surface area contributed by atoms with E-state index in [1.54, 1.807) is 6.20 Å². The zero-order valence-electron chi connectivity index (χ0n) is 12.9. The molecular weight excluding hydrogens is 375 g/mol. The molecule has 2 rings (SSSR count). The molecule has 0 saturated heterocycles. The van der Waals surface area contributed by atoms with Crippen LogP contribution in [0.25, 0.3) is 11.4 Å². The molecule has 5 heteroatoms. The summed E-state index contributed by atoms with van der Waals surface area (Å²) in [5.41, 5.74) is 3.23. The molecule has 2 aromatic heterocycles. The van der Waals surface area contributed by atoms with Crippen molar-refractivity contribution in [3.8, 4) is 11.4 Å². The monoisotopic (exact) mass is 396 g/mol. The summed E-state index contributed by atoms with van der Waals surface area (Å²) >= 11 is 2.34. The second-order valence-electron chi connectivity index (χ2n) is 5.37. The summed E-state index contributed by atoms with van der Waals surface area (Å²) in [6.07, 6.45) is 4.71. The van der Waals surface area contributed by atoms with Crippen LogP contribution in [0.2, 0.25) is 0 Å². The Labute approximate surface area is 140 Å². The molecule has 0 saturated carbocycles. The van der Waals surface area contributed by atoms with Crippen LogP contribution in [0.1, 0.15) is 44.4 Å². The Morgan fingerprint density at radius 3 is 2.67 bits per heavy atom. The molecule has 21 heavy (non-hydrogen) atoms. The lowest BCUT2D eigenvalue weighted by Crippen LogP contribution is -2.10. The number of nitrogens with one attached hydrogen (secondary N) is 1. The minimum Gasteiger partial charge on any atom is -0.369 e. The van der Waals surface area contributed by atoms with E-state index in [1.165, 1.54) is 0 Å². The fraction of sp³-hybridized carbons (Fsp3) is 0.438. The van der Waals surface area contributed by atoms with E-state index < -0.39 is 0 Å². The van der Waals surface area contributed by atoms with E-state index in [1.807, 2.05) is 19.2 Å². The van der Waals surface area contributed by atoms with Crippen LogP contribution in [0, 0.1) is 10.5 Å². The summed E-state index contributed by atoms with van der Waals surface area (Å²) in [5, 5.41) is 3.41. The van der Waals surface area contributed by atoms with Gasteiger partial charge < -0.3 is 5.32 Å². The van der Waals surface area contributed by atoms with Crippen molar-refractivity contribution in [2.24, 2.45) is 0 Å². The summed E-state index contributed by atoms with van der Waals surface area (Å²) in [5.74, 6) is 2.07. The van der Waals surface area contributed by atoms with E-state index in [2.05, 4.69) is 53.7 Å². The number of rotatable bonds is 5. The highest BCUT2D eigenvalue weighted by molar-refractivity contribution is 14.1. The maximum atomic E-state index is 4.79. The molecular formula is C16H21IN4. The van der Waals surface area contributed by atoms with Crippen molar-refractivity contribution in [1.82, 2.24) is 15.0 Å². The molecule has 2 aromatic rings. The highest BCUT2D eigenvalue weighted by atomic mass is 127. The first-order chi connectivity index (χ1) is 10.0. The summed E-state index contributed by atoms with van der Waals surface area (Å²) < 4.78 is 1.12. The van der Waals surface area contributed by atoms with Gasteiger partial charge in [0, 0.05) is 24.5 Å². The largest absolute Gasteiger partial charge is 0.369 e. The fourth-order valence-corrected chi connectivity index (χ4v) is 3.11. The average molecular weight is 396 g/mol. The number of aromatic nitrogens is 3. The van der Waals surface area contributed by atoms with E-state index in [0.29, 0.717) is 5.92 Å². The van der Waals surface area contributed by atoms with Crippen LogP contribution in [0.3, 0.4) is 0 Å². The van der Waals surface area contributed by atoms with Crippen molar-refractivity contribution < 1.29 is 0 Å². The Morgan fingerprint density at radius 2 is 2.05 bits per heavy atom. The maximum Gasteiger partial charge on any atom is 0.162 e. The number of anilines is 1. The predicted molar refractivity (Wildman–Crippen MR) is 95.6 cm³/mol. The quantitative estimate of drug-likeness (QED) is 0.762. The van der Waals surface area contributed by atoms with E-state index in [4.69, 9.17) is 9.97 Å². The van der Waals surface area contributed by atoms with Gasteiger partial charge in [0.05, 0.1) is 9.26 Å². The minimum absolute atomic E-state index is 0.364. The SMILES string of the molecule is CCCNc1nc(-c2ccncc2C)nc(C(C)C)c1I. The third kappa shape index (κ3) is 3.70. The van der Waals surface area contributed by atoms with Gasteiger partial charge in [0.25, 0.3) is 0 Å². The summed E-state index contributed by atoms with van der Waals surface area (Å²) in [7, 11) is 0. The molecule has 0 aromatic carbocycles. The Balaban J connectivity index is 2.56. The van der Waals surface area contributed by atoms with Gasteiger partial charge in [0.1, 0.15) is 5.82 Å². The lowest BCUT2D eigenvalue weighted by molar-refractivity contribution is 0.807. The highest BCUT2D eigenvalue weighted by Crippen LogP contribution is 2.29. The third-order valence-corrected chi connectivity index (χ3v) is 4.29. The summed E-state index contributed by atoms with van der Waals surface area (Å²) in [6, 6.07) is 1.98. The van der Waals surface area contributed by atoms with Crippen molar-refractivity contribution in [3.05, 3.63) is 33.3 Å². The average Bonchev–Trinajstić information content (AvgIpc) is 2.46. The van der Waals surface area contributed by atoms with Crippen LogP contribution in [-0.2, 0) is 0 Å². The van der Waals surface area contributed by atoms with Gasteiger partial charge in [-0.1, -0.05) is 20.8 Å². The number of halogens is 1. The normalized spacial score (nSPS) is 11.0. The number of nitrogens with zero attached hydrogens (tertiary/aromatic N) is 3. The number of hydrogen-bond donors (Lipinski definition) is 1. The van der Waals surface area contributed by atoms with Crippen LogP contribution >= 0.6 is 22.6 Å². The van der Waals surface area contributed by atoms with E-state index >= 15 is 0 Å². The maximum absolute atomic E-state index is 4.79. The van der Waals surface area contributed by atoms with Crippen molar-refractivity contribution >= 4 is 28.4 Å². The van der Waals surface area contributed by atoms with Crippen LogP contribution in [-0.4, -0.2) is 21.5 Å². The number of aryl methyl sites for hydroxylation is 1. The topological polar surface area (TPSA) is 50.7 Å². The highest BCUT2D eigenvalue weighted by Gasteiger charge is 2.16. The molecule has 0 aliphatic heterocycles. The molecule has 0 bridgehead atoms. The molecule has 2 heterocycles. The van der Waals surface area contributed by atoms with Crippen molar-refractivity contribution in [1.29, 1.82) is 0 Å². The molecule has 0 spiro atoms. The van der Waals surface area contributed by atoms with Gasteiger partial charge in [-0.25, -0.2) is 9.97 Å². The molecule has 0 radical (unpaired) electrons. The molecule has 4 nitrogen and oxygen atoms in total. The predicted octanol–water partition coefficient (Wildman–Crippen LogP) is 4.40. The van der Waals surface area contributed by atoms with Gasteiger partial charge in [-0.15, -0.1) is 0 Å². The van der Waals surface area contributed by atoms with E-state index in [-0.39, 0.29) is 0 Å². The Morgan fingerprint density at radius 1 is 1.29 bits per heavy atom. The first-order valence-electron chi connectivity index (χ1n) is 7.26. The first-order valence-corrected chi connectivity index (χ1v) is 8.34. The molecule has 0 atom stereocenters. The van der Waals surface area contributed by atoms with Gasteiger partial charge in [0.15, 0.2) is 5.82 Å². The molecule has 112 valence electrons. The Hall–Kier alpha value is -1.24. The first kappa shape index (κ1) is 16.1. The van der Waals surface area contributed by atoms with Crippen LogP contribution in [0.4, 0.5) is 5.82 Å². The van der Waals surface area contributed by atoms with Gasteiger partial charge in [0.2, 0.25) is 0 Å². The Bertz CT molecular complexity index is 626. The summed E-state index contributed by atoms with van der Waals surface area (Å²) in [6.45, 7) is 9.43.